The Kier molecular flexibility index (Phi) is 6.53. The molecule has 0 spiro atoms. The van der Waals surface area contributed by atoms with E-state index in [9.17, 15) is 22.9 Å². The Morgan fingerprint density at radius 1 is 1.58 bits per heavy atom. The molecule has 0 bridgehead atoms. The Bertz CT molecular complexity index is 233. The quantitative estimate of drug-likeness (QED) is 0.311. The van der Waals surface area contributed by atoms with Gasteiger partial charge in [-0.1, -0.05) is 0 Å². The third kappa shape index (κ3) is 7.92. The van der Waals surface area contributed by atoms with E-state index in [0.717, 1.165) is 0 Å². The van der Waals surface area contributed by atoms with Gasteiger partial charge in [-0.15, -0.1) is 0 Å². The van der Waals surface area contributed by atoms with E-state index in [1.54, 1.807) is 0 Å². The predicted molar refractivity (Wildman–Crippen MR) is 26.7 cm³/mol. The van der Waals surface area contributed by atoms with Crippen LogP contribution >= 0.6 is 0 Å². The van der Waals surface area contributed by atoms with Crippen molar-refractivity contribution in [1.82, 2.24) is 0 Å². The molecule has 75 valence electrons. The molecule has 0 rings (SSSR count). The van der Waals surface area contributed by atoms with Crippen LogP contribution in [0.4, 0.5) is 0 Å². The van der Waals surface area contributed by atoms with E-state index in [-0.39, 0.29) is 17.1 Å². The SMILES string of the molecule is O=C([O-])C(O)COS(=O)(=O)[O-].[Cu+2]. The number of carbonyl (C=O) groups excluding carboxylic acids is 1. The maximum atomic E-state index is 9.68. The molecule has 0 aliphatic carbocycles. The second-order valence-corrected chi connectivity index (χ2v) is 2.58. The summed E-state index contributed by atoms with van der Waals surface area (Å²) in [5, 5.41) is 18.0. The second kappa shape index (κ2) is 5.46. The first-order valence-electron chi connectivity index (χ1n) is 2.32. The minimum Gasteiger partial charge on any atom is -0.726 e. The molecule has 0 amide bonds. The number of aliphatic hydroxyl groups excluding tert-OH is 1. The molecule has 1 atom stereocenters. The molecule has 1 unspecified atom stereocenters. The van der Waals surface area contributed by atoms with Gasteiger partial charge in [0.15, 0.2) is 0 Å². The zero-order valence-corrected chi connectivity index (χ0v) is 7.15. The molecule has 1 N–H and O–H groups in total. The monoisotopic (exact) mass is 247 g/mol. The number of rotatable bonds is 4. The Morgan fingerprint density at radius 3 is 2.25 bits per heavy atom. The molecule has 7 nitrogen and oxygen atoms in total. The summed E-state index contributed by atoms with van der Waals surface area (Å²) in [5.41, 5.74) is 0. The van der Waals surface area contributed by atoms with Gasteiger partial charge in [0.05, 0.1) is 12.6 Å². The van der Waals surface area contributed by atoms with Gasteiger partial charge in [0.2, 0.25) is 10.4 Å². The van der Waals surface area contributed by atoms with E-state index in [1.165, 1.54) is 0 Å². The van der Waals surface area contributed by atoms with Crippen molar-refractivity contribution in [2.24, 2.45) is 0 Å². The van der Waals surface area contributed by atoms with E-state index >= 15 is 0 Å². The molecular formula is C3H4CuO7S. The van der Waals surface area contributed by atoms with Gasteiger partial charge < -0.3 is 19.6 Å². The van der Waals surface area contributed by atoms with E-state index in [1.807, 2.05) is 0 Å². The topological polar surface area (TPSA) is 127 Å². The summed E-state index contributed by atoms with van der Waals surface area (Å²) in [6.45, 7) is -1.13. The summed E-state index contributed by atoms with van der Waals surface area (Å²) in [6.07, 6.45) is -2.11. The van der Waals surface area contributed by atoms with Crippen molar-refractivity contribution >= 4 is 16.4 Å². The summed E-state index contributed by atoms with van der Waals surface area (Å²) >= 11 is 0. The van der Waals surface area contributed by atoms with Crippen molar-refractivity contribution in [2.75, 3.05) is 6.61 Å². The van der Waals surface area contributed by atoms with Crippen molar-refractivity contribution in [3.63, 3.8) is 0 Å². The average Bonchev–Trinajstić information content (AvgIpc) is 1.80. The number of carbonyl (C=O) groups is 1. The van der Waals surface area contributed by atoms with Gasteiger partial charge >= 0.3 is 17.1 Å². The minimum absolute atomic E-state index is 0. The molecule has 0 aliphatic heterocycles. The fourth-order valence-electron chi connectivity index (χ4n) is 0.216. The maximum absolute atomic E-state index is 9.68. The van der Waals surface area contributed by atoms with Crippen LogP contribution in [0.15, 0.2) is 0 Å². The van der Waals surface area contributed by atoms with Crippen molar-refractivity contribution in [3.8, 4) is 0 Å². The van der Waals surface area contributed by atoms with Crippen LogP contribution in [0.3, 0.4) is 0 Å². The number of carboxylic acids is 1. The first kappa shape index (κ1) is 14.3. The number of hydrogen-bond donors (Lipinski definition) is 1. The minimum atomic E-state index is -4.95. The van der Waals surface area contributed by atoms with Gasteiger partial charge in [-0.25, -0.2) is 8.42 Å². The molecule has 0 aromatic rings. The van der Waals surface area contributed by atoms with Gasteiger partial charge in [0.25, 0.3) is 0 Å². The average molecular weight is 248 g/mol. The summed E-state index contributed by atoms with van der Waals surface area (Å²) < 4.78 is 32.4. The smallest absolute Gasteiger partial charge is 0.726 e. The molecule has 0 fully saturated rings. The molecule has 0 heterocycles. The number of carboxylic acid groups (broad SMARTS) is 1. The molecule has 0 aromatic carbocycles. The molecule has 0 aliphatic rings. The molecule has 1 radical (unpaired) electrons. The van der Waals surface area contributed by atoms with Gasteiger partial charge in [0.1, 0.15) is 6.10 Å². The van der Waals surface area contributed by atoms with Crippen molar-refractivity contribution < 1.29 is 49.2 Å². The van der Waals surface area contributed by atoms with E-state index in [4.69, 9.17) is 5.11 Å². The standard InChI is InChI=1S/C3H6O7S.Cu/c4-2(3(5)6)1-10-11(7,8)9;/h2,4H,1H2,(H,5,6)(H,7,8,9);/q;+2/p-2. The first-order valence-corrected chi connectivity index (χ1v) is 3.65. The Balaban J connectivity index is 0. The number of hydrogen-bond acceptors (Lipinski definition) is 7. The van der Waals surface area contributed by atoms with Crippen molar-refractivity contribution in [2.45, 2.75) is 6.10 Å². The van der Waals surface area contributed by atoms with Crippen LogP contribution in [0, 0.1) is 0 Å². The first-order chi connectivity index (χ1) is 4.83. The third-order valence-electron chi connectivity index (χ3n) is 0.642. The molecule has 9 heteroatoms. The van der Waals surface area contributed by atoms with Gasteiger partial charge in [-0.2, -0.15) is 0 Å². The third-order valence-corrected chi connectivity index (χ3v) is 1.07. The van der Waals surface area contributed by atoms with Crippen LogP contribution in [-0.4, -0.2) is 36.8 Å². The van der Waals surface area contributed by atoms with Gasteiger partial charge in [-0.05, 0) is 0 Å². The second-order valence-electron chi connectivity index (χ2n) is 1.53. The predicted octanol–water partition coefficient (Wildman–Crippen LogP) is -3.43. The van der Waals surface area contributed by atoms with Crippen LogP contribution in [0.25, 0.3) is 0 Å². The summed E-state index contributed by atoms with van der Waals surface area (Å²) in [6, 6.07) is 0. The molecule has 0 aromatic heterocycles. The molecule has 12 heavy (non-hydrogen) atoms. The summed E-state index contributed by atoms with van der Waals surface area (Å²) in [4.78, 5) is 9.68. The zero-order valence-electron chi connectivity index (χ0n) is 5.39. The van der Waals surface area contributed by atoms with Crippen molar-refractivity contribution in [3.05, 3.63) is 0 Å². The maximum Gasteiger partial charge on any atom is 2.00 e. The molecule has 0 saturated carbocycles. The Morgan fingerprint density at radius 2 is 2.00 bits per heavy atom. The van der Waals surface area contributed by atoms with Gasteiger partial charge in [0, 0.05) is 0 Å². The Hall–Kier alpha value is -0.181. The van der Waals surface area contributed by atoms with E-state index < -0.39 is 29.1 Å². The van der Waals surface area contributed by atoms with Crippen LogP contribution < -0.4 is 5.11 Å². The normalized spacial score (nSPS) is 13.2. The Labute approximate surface area is 78.8 Å². The zero-order chi connectivity index (χ0) is 9.07. The fraction of sp³-hybridized carbons (Fsp3) is 0.667. The van der Waals surface area contributed by atoms with E-state index in [0.29, 0.717) is 0 Å². The fourth-order valence-corrected chi connectivity index (χ4v) is 0.511. The van der Waals surface area contributed by atoms with Crippen LogP contribution in [0.5, 0.6) is 0 Å². The summed E-state index contributed by atoms with van der Waals surface area (Å²) in [5.74, 6) is -1.91. The number of aliphatic hydroxyl groups is 1. The van der Waals surface area contributed by atoms with Gasteiger partial charge in [-0.3, -0.25) is 4.18 Å². The van der Waals surface area contributed by atoms with Crippen LogP contribution in [-0.2, 0) is 36.4 Å². The largest absolute Gasteiger partial charge is 2.00 e. The van der Waals surface area contributed by atoms with Crippen LogP contribution in [0.1, 0.15) is 0 Å². The van der Waals surface area contributed by atoms with E-state index in [2.05, 4.69) is 4.18 Å². The number of aliphatic carboxylic acids is 1. The van der Waals surface area contributed by atoms with Crippen molar-refractivity contribution in [1.29, 1.82) is 0 Å². The molecule has 0 saturated heterocycles. The molecular weight excluding hydrogens is 244 g/mol. The summed E-state index contributed by atoms with van der Waals surface area (Å²) in [7, 11) is -4.95. The van der Waals surface area contributed by atoms with Crippen LogP contribution in [0.2, 0.25) is 0 Å².